The lowest BCUT2D eigenvalue weighted by atomic mass is 9.79. The van der Waals surface area contributed by atoms with Gasteiger partial charge >= 0.3 is 0 Å². The molecule has 2 amide bonds. The Kier molecular flexibility index (Phi) is 8.75. The number of amides is 2. The summed E-state index contributed by atoms with van der Waals surface area (Å²) in [5.74, 6) is 0.264. The van der Waals surface area contributed by atoms with Crippen molar-refractivity contribution in [3.8, 4) is 0 Å². The van der Waals surface area contributed by atoms with Gasteiger partial charge < -0.3 is 14.6 Å². The fourth-order valence-corrected chi connectivity index (χ4v) is 6.51. The molecule has 1 aromatic heterocycles. The third-order valence-corrected chi connectivity index (χ3v) is 8.89. The molecule has 43 heavy (non-hydrogen) atoms. The summed E-state index contributed by atoms with van der Waals surface area (Å²) < 4.78 is 5.81. The van der Waals surface area contributed by atoms with Gasteiger partial charge in [-0.15, -0.1) is 0 Å². The van der Waals surface area contributed by atoms with E-state index in [0.29, 0.717) is 41.3 Å². The van der Waals surface area contributed by atoms with Crippen LogP contribution in [0.3, 0.4) is 0 Å². The Balaban J connectivity index is 1.18. The van der Waals surface area contributed by atoms with Gasteiger partial charge in [0.05, 0.1) is 11.4 Å². The number of carbonyl (C=O) groups excluding carboxylic acids is 2. The standard InChI is InChI=1S/C36H35ClN2O4/c37-28-17-13-25(14-18-28)21-29(38-36(42)34-22-32(40)31-8-3-4-9-33(31)43-34)20-24-11-15-26(16-12-24)30-7-2-1-6-27(30)23-39-19-5-10-35(39)41/h1-4,6-9,13-14,17-18,20,22,26,29H,5,10-12,15-16,19,21,23H2,(H,38,42)/t26?,29-/m1/s1. The largest absolute Gasteiger partial charge is 0.451 e. The van der Waals surface area contributed by atoms with E-state index in [1.165, 1.54) is 22.8 Å². The maximum absolute atomic E-state index is 13.4. The summed E-state index contributed by atoms with van der Waals surface area (Å²) in [6.45, 7) is 1.53. The summed E-state index contributed by atoms with van der Waals surface area (Å²) in [6.07, 6.45) is 8.24. The minimum atomic E-state index is -0.419. The quantitative estimate of drug-likeness (QED) is 0.219. The molecule has 2 fully saturated rings. The zero-order valence-electron chi connectivity index (χ0n) is 24.1. The van der Waals surface area contributed by atoms with Gasteiger partial charge in [-0.3, -0.25) is 14.4 Å². The summed E-state index contributed by atoms with van der Waals surface area (Å²) in [7, 11) is 0. The van der Waals surface area contributed by atoms with Crippen LogP contribution in [0.1, 0.15) is 71.7 Å². The predicted molar refractivity (Wildman–Crippen MR) is 169 cm³/mol. The molecule has 1 saturated heterocycles. The van der Waals surface area contributed by atoms with E-state index < -0.39 is 5.91 Å². The first-order valence-electron chi connectivity index (χ1n) is 15.1. The molecular formula is C36H35ClN2O4. The smallest absolute Gasteiger partial charge is 0.287 e. The van der Waals surface area contributed by atoms with Crippen LogP contribution in [0.2, 0.25) is 5.02 Å². The van der Waals surface area contributed by atoms with Crippen LogP contribution < -0.4 is 10.7 Å². The van der Waals surface area contributed by atoms with Crippen LogP contribution in [-0.2, 0) is 17.8 Å². The highest BCUT2D eigenvalue weighted by Crippen LogP contribution is 2.37. The lowest BCUT2D eigenvalue weighted by molar-refractivity contribution is -0.128. The molecule has 1 aliphatic heterocycles. The molecule has 0 radical (unpaired) electrons. The van der Waals surface area contributed by atoms with Crippen molar-refractivity contribution >= 4 is 34.4 Å². The molecule has 2 heterocycles. The van der Waals surface area contributed by atoms with E-state index in [4.69, 9.17) is 16.0 Å². The highest BCUT2D eigenvalue weighted by molar-refractivity contribution is 6.30. The van der Waals surface area contributed by atoms with Gasteiger partial charge in [0.15, 0.2) is 11.2 Å². The number of nitrogens with zero attached hydrogens (tertiary/aromatic N) is 1. The fraction of sp³-hybridized carbons (Fsp3) is 0.306. The average Bonchev–Trinajstić information content (AvgIpc) is 3.42. The van der Waals surface area contributed by atoms with Crippen molar-refractivity contribution in [3.63, 3.8) is 0 Å². The van der Waals surface area contributed by atoms with Crippen molar-refractivity contribution < 1.29 is 14.0 Å². The van der Waals surface area contributed by atoms with Gasteiger partial charge in [0.2, 0.25) is 5.91 Å². The number of likely N-dealkylation sites (tertiary alicyclic amines) is 1. The molecule has 7 heteroatoms. The van der Waals surface area contributed by atoms with Crippen molar-refractivity contribution in [2.24, 2.45) is 0 Å². The van der Waals surface area contributed by atoms with Crippen molar-refractivity contribution in [2.75, 3.05) is 6.54 Å². The van der Waals surface area contributed by atoms with Crippen molar-refractivity contribution in [1.29, 1.82) is 0 Å². The highest BCUT2D eigenvalue weighted by Gasteiger charge is 2.25. The SMILES string of the molecule is O=C(N[C@H](C=C1CCC(c2ccccc2CN2CCCC2=O)CC1)Cc1ccc(Cl)cc1)c1cc(=O)c2ccccc2o1. The number of nitrogens with one attached hydrogen (secondary N) is 1. The molecule has 1 aliphatic carbocycles. The summed E-state index contributed by atoms with van der Waals surface area (Å²) in [5, 5.41) is 4.22. The first-order chi connectivity index (χ1) is 20.9. The number of allylic oxidation sites excluding steroid dienone is 1. The number of para-hydroxylation sites is 1. The summed E-state index contributed by atoms with van der Waals surface area (Å²) >= 11 is 6.12. The van der Waals surface area contributed by atoms with Gasteiger partial charge in [-0.2, -0.15) is 0 Å². The van der Waals surface area contributed by atoms with Crippen LogP contribution in [0.15, 0.2) is 99.7 Å². The molecule has 2 aliphatic rings. The molecule has 6 rings (SSSR count). The number of carbonyl (C=O) groups is 2. The van der Waals surface area contributed by atoms with Gasteiger partial charge in [0.1, 0.15) is 5.58 Å². The third-order valence-electron chi connectivity index (χ3n) is 8.64. The maximum atomic E-state index is 13.4. The normalized spacial score (nSPS) is 17.7. The molecule has 1 N–H and O–H groups in total. The van der Waals surface area contributed by atoms with Crippen molar-refractivity contribution in [3.05, 3.63) is 128 Å². The minimum absolute atomic E-state index is 0.00000492. The third kappa shape index (κ3) is 6.91. The second-order valence-electron chi connectivity index (χ2n) is 11.6. The second-order valence-corrected chi connectivity index (χ2v) is 12.0. The van der Waals surface area contributed by atoms with Crippen LogP contribution in [0.4, 0.5) is 0 Å². The number of fused-ring (bicyclic) bond motifs is 1. The molecule has 0 bridgehead atoms. The summed E-state index contributed by atoms with van der Waals surface area (Å²) in [4.78, 5) is 40.2. The van der Waals surface area contributed by atoms with Crippen LogP contribution in [0, 0.1) is 0 Å². The molecule has 3 aromatic carbocycles. The summed E-state index contributed by atoms with van der Waals surface area (Å²) in [6, 6.07) is 24.1. The highest BCUT2D eigenvalue weighted by atomic mass is 35.5. The lowest BCUT2D eigenvalue weighted by Gasteiger charge is -2.28. The molecule has 220 valence electrons. The van der Waals surface area contributed by atoms with Gasteiger partial charge in [-0.05, 0) is 85.4 Å². The number of hydrogen-bond donors (Lipinski definition) is 1. The Hall–Kier alpha value is -4.16. The fourth-order valence-electron chi connectivity index (χ4n) is 6.39. The van der Waals surface area contributed by atoms with E-state index in [2.05, 4.69) is 35.7 Å². The van der Waals surface area contributed by atoms with Crippen LogP contribution in [0.5, 0.6) is 0 Å². The maximum Gasteiger partial charge on any atom is 0.287 e. The first kappa shape index (κ1) is 28.9. The van der Waals surface area contributed by atoms with Crippen molar-refractivity contribution in [2.45, 2.75) is 63.5 Å². The molecule has 0 spiro atoms. The monoisotopic (exact) mass is 594 g/mol. The number of rotatable bonds is 8. The van der Waals surface area contributed by atoms with E-state index in [1.807, 2.05) is 29.2 Å². The van der Waals surface area contributed by atoms with Crippen molar-refractivity contribution in [1.82, 2.24) is 10.2 Å². The Morgan fingerprint density at radius 3 is 2.49 bits per heavy atom. The Bertz CT molecular complexity index is 1720. The van der Waals surface area contributed by atoms with E-state index in [9.17, 15) is 14.4 Å². The molecule has 1 saturated carbocycles. The first-order valence-corrected chi connectivity index (χ1v) is 15.4. The number of benzene rings is 3. The van der Waals surface area contributed by atoms with Gasteiger partial charge in [0, 0.05) is 30.6 Å². The Labute approximate surface area is 256 Å². The predicted octanol–water partition coefficient (Wildman–Crippen LogP) is 7.19. The lowest BCUT2D eigenvalue weighted by Crippen LogP contribution is -2.36. The zero-order chi connectivity index (χ0) is 29.8. The zero-order valence-corrected chi connectivity index (χ0v) is 24.8. The number of hydrogen-bond acceptors (Lipinski definition) is 4. The molecule has 4 aromatic rings. The molecule has 6 nitrogen and oxygen atoms in total. The second kappa shape index (κ2) is 13.0. The van der Waals surface area contributed by atoms with E-state index in [0.717, 1.165) is 44.2 Å². The Morgan fingerprint density at radius 1 is 0.977 bits per heavy atom. The van der Waals surface area contributed by atoms with Crippen LogP contribution >= 0.6 is 11.6 Å². The minimum Gasteiger partial charge on any atom is -0.451 e. The van der Waals surface area contributed by atoms with E-state index >= 15 is 0 Å². The van der Waals surface area contributed by atoms with Gasteiger partial charge in [0.25, 0.3) is 5.91 Å². The Morgan fingerprint density at radius 2 is 1.72 bits per heavy atom. The van der Waals surface area contributed by atoms with Gasteiger partial charge in [-0.1, -0.05) is 71.8 Å². The van der Waals surface area contributed by atoms with E-state index in [-0.39, 0.29) is 23.1 Å². The molecule has 0 unspecified atom stereocenters. The van der Waals surface area contributed by atoms with E-state index in [1.54, 1.807) is 24.3 Å². The number of halogens is 1. The van der Waals surface area contributed by atoms with Crippen LogP contribution in [0.25, 0.3) is 11.0 Å². The average molecular weight is 595 g/mol. The summed E-state index contributed by atoms with van der Waals surface area (Å²) in [5.41, 5.74) is 5.10. The molecular weight excluding hydrogens is 560 g/mol. The molecule has 1 atom stereocenters. The topological polar surface area (TPSA) is 79.6 Å². The van der Waals surface area contributed by atoms with Crippen LogP contribution in [-0.4, -0.2) is 29.3 Å². The van der Waals surface area contributed by atoms with Gasteiger partial charge in [-0.25, -0.2) is 0 Å².